The summed E-state index contributed by atoms with van der Waals surface area (Å²) in [5, 5.41) is 3.53. The number of rotatable bonds is 6. The van der Waals surface area contributed by atoms with Gasteiger partial charge in [0.25, 0.3) is 0 Å². The van der Waals surface area contributed by atoms with Crippen molar-refractivity contribution < 1.29 is 4.79 Å². The zero-order valence-corrected chi connectivity index (χ0v) is 14.9. The molecule has 1 saturated heterocycles. The highest BCUT2D eigenvalue weighted by atomic mass is 35.5. The van der Waals surface area contributed by atoms with E-state index >= 15 is 0 Å². The van der Waals surface area contributed by atoms with Crippen molar-refractivity contribution in [3.63, 3.8) is 0 Å². The number of hydrogen-bond donors (Lipinski definition) is 2. The fourth-order valence-corrected chi connectivity index (χ4v) is 4.59. The molecule has 3 unspecified atom stereocenters. The third-order valence-electron chi connectivity index (χ3n) is 5.36. The number of alkyl halides is 1. The molecule has 0 bridgehead atoms. The van der Waals surface area contributed by atoms with Crippen molar-refractivity contribution in [3.8, 4) is 0 Å². The minimum Gasteiger partial charge on any atom is -0.369 e. The quantitative estimate of drug-likeness (QED) is 0.723. The van der Waals surface area contributed by atoms with Crippen LogP contribution in [0.2, 0.25) is 0 Å². The molecule has 3 N–H and O–H groups in total. The Labute approximate surface area is 143 Å². The molecule has 124 valence electrons. The van der Waals surface area contributed by atoms with Crippen LogP contribution in [0.4, 0.5) is 0 Å². The van der Waals surface area contributed by atoms with Gasteiger partial charge in [0.1, 0.15) is 0 Å². The van der Waals surface area contributed by atoms with Crippen LogP contribution in [-0.2, 0) is 4.79 Å². The van der Waals surface area contributed by atoms with Crippen molar-refractivity contribution in [2.45, 2.75) is 44.9 Å². The van der Waals surface area contributed by atoms with E-state index in [1.165, 1.54) is 0 Å². The summed E-state index contributed by atoms with van der Waals surface area (Å²) in [5.74, 6) is 0.317. The van der Waals surface area contributed by atoms with E-state index in [9.17, 15) is 4.79 Å². The van der Waals surface area contributed by atoms with Crippen LogP contribution in [0.25, 0.3) is 0 Å². The monoisotopic (exact) mass is 344 g/mol. The lowest BCUT2D eigenvalue weighted by Crippen LogP contribution is -2.51. The summed E-state index contributed by atoms with van der Waals surface area (Å²) in [6.07, 6.45) is 7.58. The van der Waals surface area contributed by atoms with Gasteiger partial charge in [-0.15, -0.1) is 11.6 Å². The SMILES string of the molecule is CCC(CC)CC1=C(Cl)C=CC(C(N)=O)(C2CCNC2)C1Cl. The number of carbonyl (C=O) groups is 1. The maximum absolute atomic E-state index is 12.3. The first kappa shape index (κ1) is 17.8. The molecule has 1 aliphatic carbocycles. The average Bonchev–Trinajstić information content (AvgIpc) is 3.02. The van der Waals surface area contributed by atoms with Crippen LogP contribution >= 0.6 is 23.2 Å². The maximum atomic E-state index is 12.3. The summed E-state index contributed by atoms with van der Waals surface area (Å²) < 4.78 is 0. The number of amides is 1. The van der Waals surface area contributed by atoms with Gasteiger partial charge in [0.2, 0.25) is 5.91 Å². The Morgan fingerprint density at radius 2 is 2.18 bits per heavy atom. The smallest absolute Gasteiger partial charge is 0.229 e. The Kier molecular flexibility index (Phi) is 5.98. The second-order valence-electron chi connectivity index (χ2n) is 6.44. The second kappa shape index (κ2) is 7.37. The molecule has 1 heterocycles. The van der Waals surface area contributed by atoms with Crippen molar-refractivity contribution in [2.75, 3.05) is 13.1 Å². The predicted molar refractivity (Wildman–Crippen MR) is 93.0 cm³/mol. The first-order valence-electron chi connectivity index (χ1n) is 8.19. The van der Waals surface area contributed by atoms with Crippen LogP contribution < -0.4 is 11.1 Å². The molecule has 2 rings (SSSR count). The van der Waals surface area contributed by atoms with Gasteiger partial charge in [0.15, 0.2) is 0 Å². The molecule has 0 spiro atoms. The molecule has 1 aliphatic heterocycles. The predicted octanol–water partition coefficient (Wildman–Crippen LogP) is 3.56. The number of carbonyl (C=O) groups excluding carboxylic acids is 1. The molecular formula is C17H26Cl2N2O. The highest BCUT2D eigenvalue weighted by molar-refractivity contribution is 6.34. The molecule has 5 heteroatoms. The summed E-state index contributed by atoms with van der Waals surface area (Å²) in [5.41, 5.74) is 5.96. The van der Waals surface area contributed by atoms with E-state index in [1.807, 2.05) is 12.2 Å². The zero-order chi connectivity index (χ0) is 16.3. The number of nitrogens with one attached hydrogen (secondary N) is 1. The lowest BCUT2D eigenvalue weighted by atomic mass is 9.66. The lowest BCUT2D eigenvalue weighted by molar-refractivity contribution is -0.127. The van der Waals surface area contributed by atoms with Gasteiger partial charge in [-0.1, -0.05) is 44.4 Å². The van der Waals surface area contributed by atoms with Crippen LogP contribution in [0.5, 0.6) is 0 Å². The van der Waals surface area contributed by atoms with Crippen LogP contribution in [0.15, 0.2) is 22.8 Å². The summed E-state index contributed by atoms with van der Waals surface area (Å²) >= 11 is 13.2. The molecule has 0 radical (unpaired) electrons. The van der Waals surface area contributed by atoms with E-state index in [4.69, 9.17) is 28.9 Å². The number of halogens is 2. The van der Waals surface area contributed by atoms with Gasteiger partial charge in [-0.3, -0.25) is 4.79 Å². The van der Waals surface area contributed by atoms with Crippen LogP contribution in [0.1, 0.15) is 39.5 Å². The fraction of sp³-hybridized carbons (Fsp3) is 0.706. The van der Waals surface area contributed by atoms with E-state index in [1.54, 1.807) is 0 Å². The zero-order valence-electron chi connectivity index (χ0n) is 13.4. The van der Waals surface area contributed by atoms with Gasteiger partial charge in [-0.25, -0.2) is 0 Å². The minimum absolute atomic E-state index is 0.130. The molecule has 0 aromatic carbocycles. The number of hydrogen-bond acceptors (Lipinski definition) is 2. The van der Waals surface area contributed by atoms with Gasteiger partial charge in [-0.05, 0) is 49.4 Å². The largest absolute Gasteiger partial charge is 0.369 e. The van der Waals surface area contributed by atoms with Gasteiger partial charge >= 0.3 is 0 Å². The topological polar surface area (TPSA) is 55.1 Å². The molecule has 1 amide bonds. The van der Waals surface area contributed by atoms with E-state index in [2.05, 4.69) is 19.2 Å². The van der Waals surface area contributed by atoms with E-state index < -0.39 is 10.8 Å². The van der Waals surface area contributed by atoms with E-state index in [-0.39, 0.29) is 11.8 Å². The maximum Gasteiger partial charge on any atom is 0.229 e. The third kappa shape index (κ3) is 3.08. The Morgan fingerprint density at radius 3 is 2.68 bits per heavy atom. The van der Waals surface area contributed by atoms with Crippen LogP contribution in [-0.4, -0.2) is 24.4 Å². The molecular weight excluding hydrogens is 319 g/mol. The normalized spacial score (nSPS) is 32.0. The minimum atomic E-state index is -0.829. The molecule has 2 aliphatic rings. The first-order valence-corrected chi connectivity index (χ1v) is 9.01. The van der Waals surface area contributed by atoms with Crippen LogP contribution in [0, 0.1) is 17.3 Å². The lowest BCUT2D eigenvalue weighted by Gasteiger charge is -2.41. The van der Waals surface area contributed by atoms with Crippen molar-refractivity contribution in [1.82, 2.24) is 5.32 Å². The van der Waals surface area contributed by atoms with E-state index in [0.29, 0.717) is 11.0 Å². The van der Waals surface area contributed by atoms with Crippen molar-refractivity contribution >= 4 is 29.1 Å². The highest BCUT2D eigenvalue weighted by Gasteiger charge is 2.51. The summed E-state index contributed by atoms with van der Waals surface area (Å²) in [6, 6.07) is 0. The molecule has 0 aromatic heterocycles. The molecule has 3 nitrogen and oxygen atoms in total. The fourth-order valence-electron chi connectivity index (χ4n) is 3.71. The van der Waals surface area contributed by atoms with Crippen molar-refractivity contribution in [1.29, 1.82) is 0 Å². The molecule has 0 aromatic rings. The highest BCUT2D eigenvalue weighted by Crippen LogP contribution is 2.48. The van der Waals surface area contributed by atoms with Crippen LogP contribution in [0.3, 0.4) is 0 Å². The molecule has 0 saturated carbocycles. The number of nitrogens with two attached hydrogens (primary N) is 1. The number of primary amides is 1. The standard InChI is InChI=1S/C17H26Cl2N2O/c1-3-11(4-2)9-13-14(18)5-7-17(15(13)19,16(20)22)12-6-8-21-10-12/h5,7,11-12,15,21H,3-4,6,8-10H2,1-2H3,(H2,20,22). The number of allylic oxidation sites excluding steroid dienone is 3. The Morgan fingerprint density at radius 1 is 1.50 bits per heavy atom. The summed E-state index contributed by atoms with van der Waals surface area (Å²) in [6.45, 7) is 6.02. The third-order valence-corrected chi connectivity index (χ3v) is 6.36. The first-order chi connectivity index (χ1) is 10.5. The Hall–Kier alpha value is -0.510. The summed E-state index contributed by atoms with van der Waals surface area (Å²) in [7, 11) is 0. The Balaban J connectivity index is 2.35. The van der Waals surface area contributed by atoms with Gasteiger partial charge < -0.3 is 11.1 Å². The second-order valence-corrected chi connectivity index (χ2v) is 7.29. The van der Waals surface area contributed by atoms with Crippen molar-refractivity contribution in [3.05, 3.63) is 22.8 Å². The van der Waals surface area contributed by atoms with Gasteiger partial charge in [0.05, 0.1) is 10.8 Å². The van der Waals surface area contributed by atoms with E-state index in [0.717, 1.165) is 44.3 Å². The molecule has 22 heavy (non-hydrogen) atoms. The molecule has 3 atom stereocenters. The van der Waals surface area contributed by atoms with Gasteiger partial charge in [-0.2, -0.15) is 0 Å². The summed E-state index contributed by atoms with van der Waals surface area (Å²) in [4.78, 5) is 12.3. The molecule has 1 fully saturated rings. The average molecular weight is 345 g/mol. The van der Waals surface area contributed by atoms with Gasteiger partial charge in [0, 0.05) is 5.03 Å². The van der Waals surface area contributed by atoms with Crippen molar-refractivity contribution in [2.24, 2.45) is 23.0 Å². The Bertz CT molecular complexity index is 479.